The summed E-state index contributed by atoms with van der Waals surface area (Å²) in [5.74, 6) is 0.401. The summed E-state index contributed by atoms with van der Waals surface area (Å²) in [4.78, 5) is 23.8. The molecule has 0 fully saturated rings. The lowest BCUT2D eigenvalue weighted by molar-refractivity contribution is 0.392. The molecule has 0 spiro atoms. The molecule has 0 aliphatic rings. The molecule has 1 aromatic rings. The third kappa shape index (κ3) is 3.32. The summed E-state index contributed by atoms with van der Waals surface area (Å²) in [6, 6.07) is 1.49. The molecule has 0 bridgehead atoms. The lowest BCUT2D eigenvalue weighted by Gasteiger charge is -2.14. The molecule has 1 rings (SSSR count). The maximum absolute atomic E-state index is 12.1. The first kappa shape index (κ1) is 13.7. The standard InChI is InChI=1S/C13H22N2O2/c1-4-8-14-9-7-12(16)15(13(14)17)10-11(5-2)6-3/h7,9,11H,4-6,8,10H2,1-3H3. The molecular weight excluding hydrogens is 216 g/mol. The molecule has 17 heavy (non-hydrogen) atoms. The summed E-state index contributed by atoms with van der Waals surface area (Å²) < 4.78 is 2.98. The van der Waals surface area contributed by atoms with Crippen LogP contribution in [0, 0.1) is 5.92 Å². The van der Waals surface area contributed by atoms with Crippen molar-refractivity contribution in [2.45, 2.75) is 53.1 Å². The molecule has 0 amide bonds. The van der Waals surface area contributed by atoms with E-state index >= 15 is 0 Å². The molecule has 4 heteroatoms. The van der Waals surface area contributed by atoms with Gasteiger partial charge in [-0.05, 0) is 12.3 Å². The monoisotopic (exact) mass is 238 g/mol. The Hall–Kier alpha value is -1.32. The third-order valence-corrected chi connectivity index (χ3v) is 3.20. The highest BCUT2D eigenvalue weighted by Crippen LogP contribution is 2.08. The Morgan fingerprint density at radius 3 is 2.35 bits per heavy atom. The van der Waals surface area contributed by atoms with Gasteiger partial charge < -0.3 is 4.57 Å². The van der Waals surface area contributed by atoms with Crippen molar-refractivity contribution in [2.75, 3.05) is 0 Å². The number of rotatable bonds is 6. The first-order valence-corrected chi connectivity index (χ1v) is 6.44. The first-order valence-electron chi connectivity index (χ1n) is 6.44. The van der Waals surface area contributed by atoms with E-state index in [9.17, 15) is 9.59 Å². The van der Waals surface area contributed by atoms with Crippen molar-refractivity contribution in [1.82, 2.24) is 9.13 Å². The highest BCUT2D eigenvalue weighted by atomic mass is 16.2. The lowest BCUT2D eigenvalue weighted by Crippen LogP contribution is -2.40. The van der Waals surface area contributed by atoms with Gasteiger partial charge in [0, 0.05) is 25.4 Å². The average molecular weight is 238 g/mol. The Morgan fingerprint density at radius 1 is 1.18 bits per heavy atom. The second kappa shape index (κ2) is 6.42. The Bertz CT molecular complexity index is 455. The van der Waals surface area contributed by atoms with Crippen LogP contribution in [-0.2, 0) is 13.1 Å². The minimum Gasteiger partial charge on any atom is -0.300 e. The van der Waals surface area contributed by atoms with Crippen LogP contribution in [0.15, 0.2) is 21.9 Å². The van der Waals surface area contributed by atoms with Crippen LogP contribution >= 0.6 is 0 Å². The maximum Gasteiger partial charge on any atom is 0.330 e. The highest BCUT2D eigenvalue weighted by Gasteiger charge is 2.10. The minimum atomic E-state index is -0.186. The van der Waals surface area contributed by atoms with Crippen molar-refractivity contribution < 1.29 is 0 Å². The average Bonchev–Trinajstić information content (AvgIpc) is 2.33. The molecule has 1 aromatic heterocycles. The van der Waals surface area contributed by atoms with Crippen molar-refractivity contribution in [2.24, 2.45) is 5.92 Å². The van der Waals surface area contributed by atoms with Gasteiger partial charge in [-0.3, -0.25) is 9.36 Å². The van der Waals surface area contributed by atoms with Gasteiger partial charge in [-0.1, -0.05) is 33.6 Å². The summed E-state index contributed by atoms with van der Waals surface area (Å²) in [6.07, 6.45) is 4.47. The van der Waals surface area contributed by atoms with Gasteiger partial charge in [0.1, 0.15) is 0 Å². The van der Waals surface area contributed by atoms with Gasteiger partial charge in [-0.15, -0.1) is 0 Å². The second-order valence-electron chi connectivity index (χ2n) is 4.42. The van der Waals surface area contributed by atoms with Crippen LogP contribution in [0.25, 0.3) is 0 Å². The van der Waals surface area contributed by atoms with E-state index in [1.54, 1.807) is 10.8 Å². The largest absolute Gasteiger partial charge is 0.330 e. The van der Waals surface area contributed by atoms with E-state index < -0.39 is 0 Å². The van der Waals surface area contributed by atoms with Gasteiger partial charge in [0.2, 0.25) is 0 Å². The number of hydrogen-bond acceptors (Lipinski definition) is 2. The first-order chi connectivity index (χ1) is 8.13. The number of aromatic nitrogens is 2. The fourth-order valence-electron chi connectivity index (χ4n) is 1.94. The molecule has 1 heterocycles. The zero-order chi connectivity index (χ0) is 12.8. The minimum absolute atomic E-state index is 0.175. The molecule has 4 nitrogen and oxygen atoms in total. The zero-order valence-corrected chi connectivity index (χ0v) is 11.0. The van der Waals surface area contributed by atoms with E-state index in [2.05, 4.69) is 13.8 Å². The van der Waals surface area contributed by atoms with Crippen LogP contribution < -0.4 is 11.2 Å². The van der Waals surface area contributed by atoms with Gasteiger partial charge in [0.15, 0.2) is 0 Å². The predicted molar refractivity (Wildman–Crippen MR) is 69.3 cm³/mol. The lowest BCUT2D eigenvalue weighted by atomic mass is 10.0. The van der Waals surface area contributed by atoms with Crippen molar-refractivity contribution >= 4 is 0 Å². The van der Waals surface area contributed by atoms with E-state index in [4.69, 9.17) is 0 Å². The van der Waals surface area contributed by atoms with Crippen LogP contribution in [-0.4, -0.2) is 9.13 Å². The van der Waals surface area contributed by atoms with Crippen LogP contribution in [0.3, 0.4) is 0 Å². The maximum atomic E-state index is 12.1. The molecule has 0 aromatic carbocycles. The highest BCUT2D eigenvalue weighted by molar-refractivity contribution is 4.86. The van der Waals surface area contributed by atoms with Crippen LogP contribution in [0.4, 0.5) is 0 Å². The normalized spacial score (nSPS) is 11.1. The fraction of sp³-hybridized carbons (Fsp3) is 0.692. The molecule has 0 saturated carbocycles. The van der Waals surface area contributed by atoms with Crippen LogP contribution in [0.5, 0.6) is 0 Å². The summed E-state index contributed by atoms with van der Waals surface area (Å²) >= 11 is 0. The van der Waals surface area contributed by atoms with E-state index in [-0.39, 0.29) is 11.2 Å². The Morgan fingerprint density at radius 2 is 1.82 bits per heavy atom. The third-order valence-electron chi connectivity index (χ3n) is 3.20. The summed E-state index contributed by atoms with van der Waals surface area (Å²) in [5.41, 5.74) is -0.361. The predicted octanol–water partition coefficient (Wildman–Crippen LogP) is 1.86. The molecule has 96 valence electrons. The molecule has 0 N–H and O–H groups in total. The fourth-order valence-corrected chi connectivity index (χ4v) is 1.94. The van der Waals surface area contributed by atoms with Crippen molar-refractivity contribution in [3.63, 3.8) is 0 Å². The smallest absolute Gasteiger partial charge is 0.300 e. The van der Waals surface area contributed by atoms with Gasteiger partial charge in [-0.2, -0.15) is 0 Å². The molecule has 0 atom stereocenters. The molecule has 0 aliphatic carbocycles. The topological polar surface area (TPSA) is 44.0 Å². The van der Waals surface area contributed by atoms with Crippen LogP contribution in [0.2, 0.25) is 0 Å². The van der Waals surface area contributed by atoms with Gasteiger partial charge in [0.25, 0.3) is 5.56 Å². The van der Waals surface area contributed by atoms with Gasteiger partial charge in [0.05, 0.1) is 0 Å². The van der Waals surface area contributed by atoms with Crippen LogP contribution in [0.1, 0.15) is 40.0 Å². The summed E-state index contributed by atoms with van der Waals surface area (Å²) in [5, 5.41) is 0. The van der Waals surface area contributed by atoms with E-state index in [0.29, 0.717) is 19.0 Å². The van der Waals surface area contributed by atoms with E-state index in [0.717, 1.165) is 19.3 Å². The number of aryl methyl sites for hydroxylation is 1. The molecule has 0 radical (unpaired) electrons. The molecule has 0 saturated heterocycles. The van der Waals surface area contributed by atoms with E-state index in [1.165, 1.54) is 10.6 Å². The summed E-state index contributed by atoms with van der Waals surface area (Å²) in [7, 11) is 0. The van der Waals surface area contributed by atoms with Crippen molar-refractivity contribution in [1.29, 1.82) is 0 Å². The van der Waals surface area contributed by atoms with E-state index in [1.807, 2.05) is 6.92 Å². The summed E-state index contributed by atoms with van der Waals surface area (Å²) in [6.45, 7) is 7.40. The van der Waals surface area contributed by atoms with Crippen molar-refractivity contribution in [3.8, 4) is 0 Å². The number of nitrogens with zero attached hydrogens (tertiary/aromatic N) is 2. The Labute approximate surface area is 102 Å². The SMILES string of the molecule is CCCn1ccc(=O)n(CC(CC)CC)c1=O. The van der Waals surface area contributed by atoms with Crippen molar-refractivity contribution in [3.05, 3.63) is 33.1 Å². The van der Waals surface area contributed by atoms with Gasteiger partial charge >= 0.3 is 5.69 Å². The Balaban J connectivity index is 3.09. The molecular formula is C13H22N2O2. The Kier molecular flexibility index (Phi) is 5.19. The quantitative estimate of drug-likeness (QED) is 0.759. The van der Waals surface area contributed by atoms with Gasteiger partial charge in [-0.25, -0.2) is 4.79 Å². The zero-order valence-electron chi connectivity index (χ0n) is 11.0. The molecule has 0 unspecified atom stereocenters. The second-order valence-corrected chi connectivity index (χ2v) is 4.42. The molecule has 0 aliphatic heterocycles. The number of hydrogen-bond donors (Lipinski definition) is 0.